The third kappa shape index (κ3) is 3.70. The van der Waals surface area contributed by atoms with Gasteiger partial charge < -0.3 is 30.5 Å². The third-order valence-corrected chi connectivity index (χ3v) is 5.40. The largest absolute Gasteiger partial charge is 0.463 e. The maximum atomic E-state index is 10.3. The van der Waals surface area contributed by atoms with Crippen LogP contribution in [0.5, 0.6) is 6.01 Å². The molecule has 1 aromatic carbocycles. The van der Waals surface area contributed by atoms with Crippen LogP contribution in [0.25, 0.3) is 11.2 Å². The minimum absolute atomic E-state index is 0.0860. The fourth-order valence-corrected chi connectivity index (χ4v) is 3.63. The molecule has 2 aromatic heterocycles. The molecule has 30 heavy (non-hydrogen) atoms. The number of hydrogen-bond donors (Lipinski definition) is 4. The lowest BCUT2D eigenvalue weighted by atomic mass is 9.98. The van der Waals surface area contributed by atoms with Crippen LogP contribution in [0.15, 0.2) is 36.7 Å². The topological polar surface area (TPSA) is 149 Å². The molecule has 0 amide bonds. The Morgan fingerprint density at radius 1 is 1.20 bits per heavy atom. The van der Waals surface area contributed by atoms with Gasteiger partial charge in [-0.2, -0.15) is 9.97 Å². The van der Waals surface area contributed by atoms with Gasteiger partial charge in [-0.3, -0.25) is 4.57 Å². The zero-order chi connectivity index (χ0) is 21.3. The highest BCUT2D eigenvalue weighted by molar-refractivity contribution is 5.82. The molecule has 10 heteroatoms. The molecule has 3 heterocycles. The zero-order valence-corrected chi connectivity index (χ0v) is 16.5. The van der Waals surface area contributed by atoms with Crippen molar-refractivity contribution in [3.05, 3.63) is 42.2 Å². The number of anilines is 1. The number of hydrogen-bond acceptors (Lipinski definition) is 9. The number of aromatic nitrogens is 4. The van der Waals surface area contributed by atoms with E-state index in [2.05, 4.69) is 21.9 Å². The molecule has 1 fully saturated rings. The Hall–Kier alpha value is -2.79. The number of imidazole rings is 1. The van der Waals surface area contributed by atoms with Gasteiger partial charge in [-0.15, -0.1) is 0 Å². The van der Waals surface area contributed by atoms with Crippen molar-refractivity contribution in [2.24, 2.45) is 0 Å². The van der Waals surface area contributed by atoms with Gasteiger partial charge in [0.05, 0.1) is 19.5 Å². The Balaban J connectivity index is 1.59. The van der Waals surface area contributed by atoms with E-state index in [1.807, 2.05) is 30.3 Å². The normalized spacial score (nSPS) is 24.9. The van der Waals surface area contributed by atoms with Gasteiger partial charge in [-0.1, -0.05) is 37.3 Å². The molecule has 4 rings (SSSR count). The predicted molar refractivity (Wildman–Crippen MR) is 108 cm³/mol. The zero-order valence-electron chi connectivity index (χ0n) is 16.5. The number of nitrogens with zero attached hydrogens (tertiary/aromatic N) is 4. The Labute approximate surface area is 172 Å². The van der Waals surface area contributed by atoms with Crippen LogP contribution in [-0.2, 0) is 4.74 Å². The average Bonchev–Trinajstić information content (AvgIpc) is 3.31. The van der Waals surface area contributed by atoms with E-state index in [1.54, 1.807) is 0 Å². The van der Waals surface area contributed by atoms with Gasteiger partial charge in [0.25, 0.3) is 0 Å². The second-order valence-corrected chi connectivity index (χ2v) is 7.27. The van der Waals surface area contributed by atoms with E-state index in [0.29, 0.717) is 17.8 Å². The highest BCUT2D eigenvalue weighted by Crippen LogP contribution is 2.32. The summed E-state index contributed by atoms with van der Waals surface area (Å²) in [5.74, 6) is 0.297. The summed E-state index contributed by atoms with van der Waals surface area (Å²) in [6, 6.07) is 10.1. The Bertz CT molecular complexity index is 998. The number of fused-ring (bicyclic) bond motifs is 1. The van der Waals surface area contributed by atoms with Crippen molar-refractivity contribution >= 4 is 17.0 Å². The maximum Gasteiger partial charge on any atom is 0.320 e. The van der Waals surface area contributed by atoms with E-state index in [9.17, 15) is 15.3 Å². The number of benzene rings is 1. The molecule has 5 N–H and O–H groups in total. The summed E-state index contributed by atoms with van der Waals surface area (Å²) in [7, 11) is 0. The van der Waals surface area contributed by atoms with Gasteiger partial charge in [-0.25, -0.2) is 4.98 Å². The molecular formula is C20H25N5O5. The quantitative estimate of drug-likeness (QED) is 0.435. The molecule has 3 aromatic rings. The molecule has 0 saturated carbocycles. The van der Waals surface area contributed by atoms with Crippen LogP contribution in [0.4, 0.5) is 5.82 Å². The second-order valence-electron chi connectivity index (χ2n) is 7.27. The fraction of sp³-hybridized carbons (Fsp3) is 0.450. The van der Waals surface area contributed by atoms with Crippen molar-refractivity contribution in [3.8, 4) is 6.01 Å². The van der Waals surface area contributed by atoms with Crippen molar-refractivity contribution < 1.29 is 24.8 Å². The number of ether oxygens (including phenoxy) is 2. The van der Waals surface area contributed by atoms with Gasteiger partial charge in [0.2, 0.25) is 0 Å². The number of aliphatic hydroxyl groups excluding tert-OH is 3. The SMILES string of the molecule is CC[C@H](COc1nc(N)c2ncn([C@@H]3O[C@H](CO)[C@@H](O)[C@H]3O)c2n1)c1ccccc1. The highest BCUT2D eigenvalue weighted by atomic mass is 16.6. The first-order valence-corrected chi connectivity index (χ1v) is 9.83. The third-order valence-electron chi connectivity index (χ3n) is 5.40. The minimum atomic E-state index is -1.26. The summed E-state index contributed by atoms with van der Waals surface area (Å²) in [6.07, 6.45) is -2.10. The molecule has 0 unspecified atom stereocenters. The van der Waals surface area contributed by atoms with E-state index in [4.69, 9.17) is 15.2 Å². The molecule has 1 saturated heterocycles. The Kier molecular flexibility index (Phi) is 5.82. The minimum Gasteiger partial charge on any atom is -0.463 e. The summed E-state index contributed by atoms with van der Waals surface area (Å²) in [5.41, 5.74) is 7.83. The summed E-state index contributed by atoms with van der Waals surface area (Å²) in [5, 5.41) is 29.7. The van der Waals surface area contributed by atoms with Crippen LogP contribution >= 0.6 is 0 Å². The fourth-order valence-electron chi connectivity index (χ4n) is 3.63. The lowest BCUT2D eigenvalue weighted by Gasteiger charge is -2.17. The summed E-state index contributed by atoms with van der Waals surface area (Å²) in [6.45, 7) is 2.02. The van der Waals surface area contributed by atoms with Crippen molar-refractivity contribution in [2.45, 2.75) is 43.8 Å². The number of nitrogen functional groups attached to an aromatic ring is 1. The van der Waals surface area contributed by atoms with Crippen molar-refractivity contribution in [1.29, 1.82) is 0 Å². The van der Waals surface area contributed by atoms with Gasteiger partial charge in [0.1, 0.15) is 18.3 Å². The number of rotatable bonds is 7. The van der Waals surface area contributed by atoms with Crippen molar-refractivity contribution in [3.63, 3.8) is 0 Å². The van der Waals surface area contributed by atoms with Gasteiger partial charge in [0.15, 0.2) is 23.2 Å². The molecule has 10 nitrogen and oxygen atoms in total. The molecular weight excluding hydrogens is 390 g/mol. The van der Waals surface area contributed by atoms with Gasteiger partial charge in [-0.05, 0) is 12.0 Å². The molecule has 0 spiro atoms. The average molecular weight is 415 g/mol. The van der Waals surface area contributed by atoms with Crippen LogP contribution in [0.1, 0.15) is 31.1 Å². The lowest BCUT2D eigenvalue weighted by molar-refractivity contribution is -0.0511. The van der Waals surface area contributed by atoms with E-state index >= 15 is 0 Å². The van der Waals surface area contributed by atoms with Crippen LogP contribution in [0.3, 0.4) is 0 Å². The first-order chi connectivity index (χ1) is 14.5. The van der Waals surface area contributed by atoms with E-state index in [-0.39, 0.29) is 17.7 Å². The molecule has 5 atom stereocenters. The van der Waals surface area contributed by atoms with E-state index in [1.165, 1.54) is 10.9 Å². The van der Waals surface area contributed by atoms with Crippen LogP contribution in [-0.4, -0.2) is 66.4 Å². The molecule has 0 aliphatic carbocycles. The first kappa shape index (κ1) is 20.5. The summed E-state index contributed by atoms with van der Waals surface area (Å²) in [4.78, 5) is 12.8. The van der Waals surface area contributed by atoms with Crippen LogP contribution < -0.4 is 10.5 Å². The van der Waals surface area contributed by atoms with Crippen LogP contribution in [0.2, 0.25) is 0 Å². The van der Waals surface area contributed by atoms with Crippen molar-refractivity contribution in [2.75, 3.05) is 18.9 Å². The van der Waals surface area contributed by atoms with Crippen molar-refractivity contribution in [1.82, 2.24) is 19.5 Å². The summed E-state index contributed by atoms with van der Waals surface area (Å²) < 4.78 is 12.9. The summed E-state index contributed by atoms with van der Waals surface area (Å²) >= 11 is 0. The maximum absolute atomic E-state index is 10.3. The standard InChI is InChI=1S/C20H25N5O5/c1-2-11(12-6-4-3-5-7-12)9-29-20-23-17(21)14-18(24-20)25(10-22-14)19-16(28)15(27)13(8-26)30-19/h3-7,10-11,13,15-16,19,26-28H,2,8-9H2,1H3,(H2,21,23,24)/t11-,13-,15-,16-,19-/m1/s1. The molecule has 160 valence electrons. The molecule has 0 bridgehead atoms. The van der Waals surface area contributed by atoms with Crippen LogP contribution in [0, 0.1) is 0 Å². The Morgan fingerprint density at radius 2 is 1.97 bits per heavy atom. The lowest BCUT2D eigenvalue weighted by Crippen LogP contribution is -2.33. The second kappa shape index (κ2) is 8.52. The molecule has 1 aliphatic rings. The van der Waals surface area contributed by atoms with Gasteiger partial charge in [0, 0.05) is 5.92 Å². The first-order valence-electron chi connectivity index (χ1n) is 9.83. The Morgan fingerprint density at radius 3 is 2.63 bits per heavy atom. The van der Waals surface area contributed by atoms with E-state index < -0.39 is 31.1 Å². The van der Waals surface area contributed by atoms with E-state index in [0.717, 1.165) is 12.0 Å². The number of aliphatic hydroxyl groups is 3. The smallest absolute Gasteiger partial charge is 0.320 e. The van der Waals surface area contributed by atoms with Gasteiger partial charge >= 0.3 is 6.01 Å². The monoisotopic (exact) mass is 415 g/mol. The number of nitrogens with two attached hydrogens (primary N) is 1. The highest BCUT2D eigenvalue weighted by Gasteiger charge is 2.44. The predicted octanol–water partition coefficient (Wildman–Crippen LogP) is 0.593. The molecule has 1 aliphatic heterocycles. The molecule has 0 radical (unpaired) electrons.